The number of unbranched alkanes of at least 4 members (excludes halogenated alkanes) is 1. The van der Waals surface area contributed by atoms with E-state index in [9.17, 15) is 41.7 Å². The van der Waals surface area contributed by atoms with Crippen molar-refractivity contribution in [2.75, 3.05) is 0 Å². The van der Waals surface area contributed by atoms with Gasteiger partial charge in [0.05, 0.1) is 23.3 Å². The van der Waals surface area contributed by atoms with E-state index in [1.54, 1.807) is 35.6 Å². The Hall–Kier alpha value is -1.44. The predicted octanol–water partition coefficient (Wildman–Crippen LogP) is 4.00. The molecule has 0 bridgehead atoms. The maximum Gasteiger partial charge on any atom is 0.516 e. The van der Waals surface area contributed by atoms with Gasteiger partial charge in [-0.15, -0.1) is 11.3 Å². The molecule has 0 spiro atoms. The molecule has 7 nitrogen and oxygen atoms in total. The zero-order valence-corrected chi connectivity index (χ0v) is 22.0. The standard InChI is InChI=1S/C23H31ClF3NO6S2/c1-14-19(24)12-16(35-14)10-8-15(29)9-11-18-17(20(30)13-21(18)31)6-4-2-3-5-7-22(32)28-36(33,34)23(25,26)27/h2,4,9,11-12,15,17-18,20-21,29-31H,3,5-8,10,13H2,1H3,(H,28,32)/b4-2-,11-9+/t15-,17+,18+,20-,21+/m0/s1. The van der Waals surface area contributed by atoms with Gasteiger partial charge >= 0.3 is 15.5 Å². The summed E-state index contributed by atoms with van der Waals surface area (Å²) in [5, 5.41) is 31.7. The van der Waals surface area contributed by atoms with Gasteiger partial charge in [0.25, 0.3) is 0 Å². The second-order valence-corrected chi connectivity index (χ2v) is 12.2. The fourth-order valence-corrected chi connectivity index (χ4v) is 5.78. The van der Waals surface area contributed by atoms with Crippen molar-refractivity contribution in [2.24, 2.45) is 11.8 Å². The number of allylic oxidation sites excluding steroid dienone is 2. The van der Waals surface area contributed by atoms with Gasteiger partial charge in [0.15, 0.2) is 0 Å². The van der Waals surface area contributed by atoms with Crippen molar-refractivity contribution >= 4 is 38.9 Å². The number of sulfonamides is 1. The third kappa shape index (κ3) is 9.14. The number of hydrogen-bond donors (Lipinski definition) is 4. The van der Waals surface area contributed by atoms with Gasteiger partial charge < -0.3 is 15.3 Å². The number of alkyl halides is 3. The number of carbonyl (C=O) groups is 1. The van der Waals surface area contributed by atoms with Crippen LogP contribution in [0.5, 0.6) is 0 Å². The molecule has 5 atom stereocenters. The summed E-state index contributed by atoms with van der Waals surface area (Å²) < 4.78 is 59.6. The minimum Gasteiger partial charge on any atom is -0.393 e. The molecule has 0 aliphatic heterocycles. The Labute approximate surface area is 217 Å². The van der Waals surface area contributed by atoms with E-state index in [1.165, 1.54) is 0 Å². The summed E-state index contributed by atoms with van der Waals surface area (Å²) >= 11 is 7.64. The molecule has 0 saturated heterocycles. The minimum atomic E-state index is -5.70. The van der Waals surface area contributed by atoms with E-state index in [0.29, 0.717) is 30.7 Å². The Kier molecular flexibility index (Phi) is 11.4. The van der Waals surface area contributed by atoms with Crippen LogP contribution in [0.2, 0.25) is 5.02 Å². The van der Waals surface area contributed by atoms with Crippen molar-refractivity contribution in [1.29, 1.82) is 0 Å². The van der Waals surface area contributed by atoms with E-state index in [4.69, 9.17) is 11.6 Å². The number of aryl methyl sites for hydroxylation is 2. The quantitative estimate of drug-likeness (QED) is 0.221. The lowest BCUT2D eigenvalue weighted by Crippen LogP contribution is -2.40. The number of carbonyl (C=O) groups excluding carboxylic acids is 1. The molecule has 2 rings (SSSR count). The Bertz CT molecular complexity index is 1020. The van der Waals surface area contributed by atoms with Crippen molar-refractivity contribution in [1.82, 2.24) is 4.72 Å². The molecule has 1 heterocycles. The highest BCUT2D eigenvalue weighted by Gasteiger charge is 2.46. The third-order valence-corrected chi connectivity index (χ3v) is 8.69. The zero-order valence-electron chi connectivity index (χ0n) is 19.6. The minimum absolute atomic E-state index is 0.135. The van der Waals surface area contributed by atoms with Crippen LogP contribution in [-0.2, 0) is 21.2 Å². The van der Waals surface area contributed by atoms with Gasteiger partial charge in [-0.1, -0.05) is 35.9 Å². The van der Waals surface area contributed by atoms with Crippen molar-refractivity contribution < 1.29 is 41.7 Å². The molecule has 204 valence electrons. The van der Waals surface area contributed by atoms with Gasteiger partial charge in [-0.3, -0.25) is 4.79 Å². The Morgan fingerprint density at radius 2 is 2.00 bits per heavy atom. The van der Waals surface area contributed by atoms with Crippen LogP contribution in [-0.4, -0.2) is 53.5 Å². The van der Waals surface area contributed by atoms with Gasteiger partial charge in [0.2, 0.25) is 5.91 Å². The maximum absolute atomic E-state index is 12.3. The van der Waals surface area contributed by atoms with E-state index in [2.05, 4.69) is 0 Å². The highest BCUT2D eigenvalue weighted by Crippen LogP contribution is 2.36. The average Bonchev–Trinajstić information content (AvgIpc) is 3.22. The summed E-state index contributed by atoms with van der Waals surface area (Å²) in [7, 11) is -5.70. The molecule has 0 radical (unpaired) electrons. The lowest BCUT2D eigenvalue weighted by atomic mass is 9.89. The normalized spacial score (nSPS) is 24.1. The zero-order chi connectivity index (χ0) is 27.1. The van der Waals surface area contributed by atoms with Crippen molar-refractivity contribution in [3.63, 3.8) is 0 Å². The highest BCUT2D eigenvalue weighted by atomic mass is 35.5. The SMILES string of the molecule is Cc1sc(CC[C@H](O)/C=C/[C@@H]2[C@@H](C/C=C\CCCC(=O)NS(=O)(=O)C(F)(F)F)[C@@H](O)C[C@H]2O)cc1Cl. The van der Waals surface area contributed by atoms with Gasteiger partial charge in [-0.25, -0.2) is 4.72 Å². The van der Waals surface area contributed by atoms with Crippen LogP contribution in [0.15, 0.2) is 30.4 Å². The van der Waals surface area contributed by atoms with Gasteiger partial charge in [0, 0.05) is 28.5 Å². The molecule has 1 saturated carbocycles. The van der Waals surface area contributed by atoms with Crippen LogP contribution >= 0.6 is 22.9 Å². The molecular weight excluding hydrogens is 543 g/mol. The summed E-state index contributed by atoms with van der Waals surface area (Å²) in [4.78, 5) is 13.5. The first-order chi connectivity index (χ1) is 16.7. The van der Waals surface area contributed by atoms with Crippen molar-refractivity contribution in [3.05, 3.63) is 45.1 Å². The fraction of sp³-hybridized carbons (Fsp3) is 0.609. The smallest absolute Gasteiger partial charge is 0.393 e. The molecule has 13 heteroatoms. The number of nitrogens with one attached hydrogen (secondary N) is 1. The van der Waals surface area contributed by atoms with Crippen molar-refractivity contribution in [2.45, 2.75) is 75.7 Å². The van der Waals surface area contributed by atoms with E-state index in [-0.39, 0.29) is 24.7 Å². The summed E-state index contributed by atoms with van der Waals surface area (Å²) in [6, 6.07) is 1.88. The fourth-order valence-electron chi connectivity index (χ4n) is 4.00. The molecule has 1 aromatic rings. The van der Waals surface area contributed by atoms with Crippen LogP contribution in [0.3, 0.4) is 0 Å². The van der Waals surface area contributed by atoms with Crippen LogP contribution in [0.1, 0.15) is 48.3 Å². The number of amides is 1. The van der Waals surface area contributed by atoms with Crippen LogP contribution in [0.4, 0.5) is 13.2 Å². The second kappa shape index (κ2) is 13.4. The van der Waals surface area contributed by atoms with Gasteiger partial charge in [-0.05, 0) is 51.0 Å². The molecule has 36 heavy (non-hydrogen) atoms. The summed E-state index contributed by atoms with van der Waals surface area (Å²) in [6.45, 7) is 1.93. The van der Waals surface area contributed by atoms with E-state index in [1.807, 2.05) is 13.0 Å². The second-order valence-electron chi connectivity index (χ2n) is 8.79. The topological polar surface area (TPSA) is 124 Å². The molecule has 1 fully saturated rings. The highest BCUT2D eigenvalue weighted by molar-refractivity contribution is 7.90. The molecule has 1 amide bonds. The molecule has 1 aromatic heterocycles. The Morgan fingerprint density at radius 1 is 1.31 bits per heavy atom. The molecular formula is C23H31ClF3NO6S2. The largest absolute Gasteiger partial charge is 0.516 e. The number of aliphatic hydroxyl groups excluding tert-OH is 3. The van der Waals surface area contributed by atoms with Crippen molar-refractivity contribution in [3.8, 4) is 0 Å². The summed E-state index contributed by atoms with van der Waals surface area (Å²) in [5.41, 5.74) is -5.55. The first kappa shape index (κ1) is 30.8. The average molecular weight is 574 g/mol. The van der Waals surface area contributed by atoms with E-state index < -0.39 is 46.2 Å². The predicted molar refractivity (Wildman–Crippen MR) is 132 cm³/mol. The molecule has 0 aromatic carbocycles. The molecule has 1 aliphatic rings. The van der Waals surface area contributed by atoms with E-state index >= 15 is 0 Å². The van der Waals surface area contributed by atoms with Crippen LogP contribution in [0, 0.1) is 18.8 Å². The van der Waals surface area contributed by atoms with Crippen LogP contribution < -0.4 is 4.72 Å². The number of thiophene rings is 1. The number of halogens is 4. The summed E-state index contributed by atoms with van der Waals surface area (Å²) in [5.74, 6) is -1.90. The lowest BCUT2D eigenvalue weighted by Gasteiger charge is -2.19. The maximum atomic E-state index is 12.3. The molecule has 0 unspecified atom stereocenters. The summed E-state index contributed by atoms with van der Waals surface area (Å²) in [6.07, 6.45) is 6.36. The first-order valence-corrected chi connectivity index (χ1v) is 14.1. The molecule has 4 N–H and O–H groups in total. The van der Waals surface area contributed by atoms with E-state index in [0.717, 1.165) is 14.5 Å². The Balaban J connectivity index is 1.78. The number of rotatable bonds is 12. The van der Waals surface area contributed by atoms with Gasteiger partial charge in [0.1, 0.15) is 0 Å². The molecule has 1 aliphatic carbocycles. The number of hydrogen-bond acceptors (Lipinski definition) is 7. The Morgan fingerprint density at radius 3 is 2.61 bits per heavy atom. The first-order valence-electron chi connectivity index (χ1n) is 11.5. The van der Waals surface area contributed by atoms with Crippen LogP contribution in [0.25, 0.3) is 0 Å². The van der Waals surface area contributed by atoms with Gasteiger partial charge in [-0.2, -0.15) is 21.6 Å². The lowest BCUT2D eigenvalue weighted by molar-refractivity contribution is -0.120. The monoisotopic (exact) mass is 573 g/mol. The number of aliphatic hydroxyl groups is 3. The third-order valence-electron chi connectivity index (χ3n) is 5.97.